The molecule has 0 atom stereocenters. The lowest BCUT2D eigenvalue weighted by Gasteiger charge is -2.21. The average Bonchev–Trinajstić information content (AvgIpc) is 3.58. The summed E-state index contributed by atoms with van der Waals surface area (Å²) < 4.78 is 1.10. The van der Waals surface area contributed by atoms with E-state index >= 15 is 0 Å². The van der Waals surface area contributed by atoms with E-state index in [0.717, 1.165) is 48.4 Å². The van der Waals surface area contributed by atoms with Gasteiger partial charge in [0, 0.05) is 17.8 Å². The van der Waals surface area contributed by atoms with Gasteiger partial charge in [0.2, 0.25) is 0 Å². The maximum absolute atomic E-state index is 14.4. The third-order valence-corrected chi connectivity index (χ3v) is 8.19. The van der Waals surface area contributed by atoms with Crippen LogP contribution in [0.1, 0.15) is 27.0 Å². The number of thiophene rings is 1. The topological polar surface area (TPSA) is 59.0 Å². The maximum Gasteiger partial charge on any atom is 0.261 e. The Morgan fingerprint density at radius 3 is 2.64 bits per heavy atom. The number of pyridine rings is 2. The van der Waals surface area contributed by atoms with Crippen LogP contribution in [-0.4, -0.2) is 20.9 Å². The van der Waals surface area contributed by atoms with Gasteiger partial charge in [-0.3, -0.25) is 14.7 Å². The van der Waals surface area contributed by atoms with Crippen LogP contribution in [0, 0.1) is 13.8 Å². The van der Waals surface area contributed by atoms with Crippen molar-refractivity contribution in [2.75, 3.05) is 4.90 Å². The molecule has 176 valence electrons. The van der Waals surface area contributed by atoms with Crippen molar-refractivity contribution >= 4 is 54.8 Å². The molecule has 0 N–H and O–H groups in total. The molecule has 0 aliphatic carbocycles. The number of aromatic nitrogens is 3. The molecule has 6 aromatic rings. The van der Waals surface area contributed by atoms with Crippen molar-refractivity contribution in [2.24, 2.45) is 0 Å². The second-order valence-electron chi connectivity index (χ2n) is 8.73. The third-order valence-electron chi connectivity index (χ3n) is 6.07. The fourth-order valence-corrected chi connectivity index (χ4v) is 6.13. The summed E-state index contributed by atoms with van der Waals surface area (Å²) in [6.45, 7) is 4.53. The van der Waals surface area contributed by atoms with Crippen molar-refractivity contribution in [3.05, 3.63) is 107 Å². The minimum absolute atomic E-state index is 0.108. The van der Waals surface area contributed by atoms with E-state index in [0.29, 0.717) is 17.2 Å². The maximum atomic E-state index is 14.4. The lowest BCUT2D eigenvalue weighted by molar-refractivity contribution is 0.0986. The van der Waals surface area contributed by atoms with Gasteiger partial charge in [0.15, 0.2) is 5.13 Å². The lowest BCUT2D eigenvalue weighted by atomic mass is 10.1. The number of fused-ring (bicyclic) bond motifs is 2. The SMILES string of the molecule is Cc1cc(C)c2sc(N(Cc3cccnc3)C(=O)c3cc(-c4cccs4)nc4ccccc34)nc2c1. The first kappa shape index (κ1) is 22.5. The molecule has 0 fully saturated rings. The molecular formula is C29H22N4OS2. The van der Waals surface area contributed by atoms with E-state index in [9.17, 15) is 4.79 Å². The van der Waals surface area contributed by atoms with Gasteiger partial charge in [-0.1, -0.05) is 47.7 Å². The smallest absolute Gasteiger partial charge is 0.261 e. The summed E-state index contributed by atoms with van der Waals surface area (Å²) in [5.74, 6) is -0.108. The molecule has 2 aromatic carbocycles. The first-order valence-corrected chi connectivity index (χ1v) is 13.3. The molecule has 0 spiro atoms. The highest BCUT2D eigenvalue weighted by molar-refractivity contribution is 7.22. The molecule has 6 rings (SSSR count). The first-order chi connectivity index (χ1) is 17.6. The minimum Gasteiger partial charge on any atom is -0.279 e. The number of aryl methyl sites for hydroxylation is 2. The Morgan fingerprint density at radius 1 is 0.944 bits per heavy atom. The average molecular weight is 507 g/mol. The third kappa shape index (κ3) is 4.17. The molecule has 36 heavy (non-hydrogen) atoms. The summed E-state index contributed by atoms with van der Waals surface area (Å²) in [6, 6.07) is 21.9. The van der Waals surface area contributed by atoms with Gasteiger partial charge in [-0.15, -0.1) is 11.3 Å². The van der Waals surface area contributed by atoms with Crippen molar-refractivity contribution in [3.63, 3.8) is 0 Å². The highest BCUT2D eigenvalue weighted by Crippen LogP contribution is 2.35. The van der Waals surface area contributed by atoms with Gasteiger partial charge in [-0.25, -0.2) is 9.97 Å². The second kappa shape index (κ2) is 9.26. The Morgan fingerprint density at radius 2 is 1.83 bits per heavy atom. The molecule has 4 heterocycles. The van der Waals surface area contributed by atoms with Crippen LogP contribution in [0.25, 0.3) is 31.7 Å². The Hall–Kier alpha value is -3.94. The molecule has 4 aromatic heterocycles. The van der Waals surface area contributed by atoms with Crippen molar-refractivity contribution in [1.29, 1.82) is 0 Å². The molecular weight excluding hydrogens is 484 g/mol. The minimum atomic E-state index is -0.108. The molecule has 0 radical (unpaired) electrons. The largest absolute Gasteiger partial charge is 0.279 e. The normalized spacial score (nSPS) is 11.3. The molecule has 0 saturated carbocycles. The summed E-state index contributed by atoms with van der Waals surface area (Å²) >= 11 is 3.16. The predicted octanol–water partition coefficient (Wildman–Crippen LogP) is 7.43. The van der Waals surface area contributed by atoms with Crippen LogP contribution in [-0.2, 0) is 6.54 Å². The Bertz CT molecular complexity index is 1710. The number of hydrogen-bond acceptors (Lipinski definition) is 6. The van der Waals surface area contributed by atoms with Gasteiger partial charge in [0.05, 0.1) is 38.4 Å². The molecule has 0 aliphatic rings. The van der Waals surface area contributed by atoms with Gasteiger partial charge < -0.3 is 0 Å². The lowest BCUT2D eigenvalue weighted by Crippen LogP contribution is -2.30. The molecule has 0 bridgehead atoms. The van der Waals surface area contributed by atoms with Gasteiger partial charge in [-0.2, -0.15) is 0 Å². The fraction of sp³-hybridized carbons (Fsp3) is 0.103. The summed E-state index contributed by atoms with van der Waals surface area (Å²) in [5.41, 5.74) is 6.37. The molecule has 0 unspecified atom stereocenters. The number of amides is 1. The van der Waals surface area contributed by atoms with Gasteiger partial charge >= 0.3 is 0 Å². The number of hydrogen-bond donors (Lipinski definition) is 0. The number of benzene rings is 2. The van der Waals surface area contributed by atoms with Crippen LogP contribution in [0.5, 0.6) is 0 Å². The van der Waals surface area contributed by atoms with Crippen molar-refractivity contribution in [3.8, 4) is 10.6 Å². The molecule has 0 aliphatic heterocycles. The van der Waals surface area contributed by atoms with Gasteiger partial charge in [-0.05, 0) is 66.2 Å². The monoisotopic (exact) mass is 506 g/mol. The van der Waals surface area contributed by atoms with E-state index in [1.165, 1.54) is 0 Å². The number of nitrogens with zero attached hydrogens (tertiary/aromatic N) is 4. The van der Waals surface area contributed by atoms with E-state index in [-0.39, 0.29) is 5.91 Å². The number of rotatable bonds is 5. The predicted molar refractivity (Wildman–Crippen MR) is 149 cm³/mol. The molecule has 0 saturated heterocycles. The first-order valence-electron chi connectivity index (χ1n) is 11.6. The Balaban J connectivity index is 1.53. The zero-order valence-corrected chi connectivity index (χ0v) is 21.4. The van der Waals surface area contributed by atoms with E-state index in [1.54, 1.807) is 40.0 Å². The zero-order valence-electron chi connectivity index (χ0n) is 19.8. The summed E-state index contributed by atoms with van der Waals surface area (Å²) in [7, 11) is 0. The molecule has 5 nitrogen and oxygen atoms in total. The van der Waals surface area contributed by atoms with Crippen LogP contribution in [0.4, 0.5) is 5.13 Å². The van der Waals surface area contributed by atoms with Crippen LogP contribution in [0.2, 0.25) is 0 Å². The quantitative estimate of drug-likeness (QED) is 0.244. The van der Waals surface area contributed by atoms with Crippen LogP contribution in [0.15, 0.2) is 84.5 Å². The summed E-state index contributed by atoms with van der Waals surface area (Å²) in [5, 5.41) is 3.52. The summed E-state index contributed by atoms with van der Waals surface area (Å²) in [6.07, 6.45) is 3.54. The number of anilines is 1. The summed E-state index contributed by atoms with van der Waals surface area (Å²) in [4.78, 5) is 31.2. The zero-order chi connectivity index (χ0) is 24.6. The second-order valence-corrected chi connectivity index (χ2v) is 10.7. The molecule has 7 heteroatoms. The standard InChI is InChI=1S/C29H22N4OS2/c1-18-13-19(2)27-25(14-18)32-29(36-27)33(17-20-7-5-11-30-16-20)28(34)22-15-24(26-10-6-12-35-26)31-23-9-4-3-8-21(22)23/h3-16H,17H2,1-2H3. The number of carbonyl (C=O) groups excluding carboxylic acids is 1. The number of para-hydroxylation sites is 1. The highest BCUT2D eigenvalue weighted by Gasteiger charge is 2.25. The van der Waals surface area contributed by atoms with Crippen molar-refractivity contribution in [1.82, 2.24) is 15.0 Å². The van der Waals surface area contributed by atoms with Crippen molar-refractivity contribution in [2.45, 2.75) is 20.4 Å². The van der Waals surface area contributed by atoms with Crippen LogP contribution >= 0.6 is 22.7 Å². The van der Waals surface area contributed by atoms with Crippen molar-refractivity contribution < 1.29 is 4.79 Å². The van der Waals surface area contributed by atoms with E-state index in [1.807, 2.05) is 60.0 Å². The number of thiazole rings is 1. The Kier molecular flexibility index (Phi) is 5.79. The van der Waals surface area contributed by atoms with Gasteiger partial charge in [0.25, 0.3) is 5.91 Å². The number of carbonyl (C=O) groups is 1. The highest BCUT2D eigenvalue weighted by atomic mass is 32.1. The van der Waals surface area contributed by atoms with Crippen LogP contribution in [0.3, 0.4) is 0 Å². The van der Waals surface area contributed by atoms with E-state index in [2.05, 4.69) is 31.0 Å². The van der Waals surface area contributed by atoms with Crippen LogP contribution < -0.4 is 4.90 Å². The fourth-order valence-electron chi connectivity index (χ4n) is 4.43. The van der Waals surface area contributed by atoms with E-state index < -0.39 is 0 Å². The van der Waals surface area contributed by atoms with E-state index in [4.69, 9.17) is 9.97 Å². The Labute approximate surface area is 216 Å². The molecule has 1 amide bonds. The van der Waals surface area contributed by atoms with Gasteiger partial charge in [0.1, 0.15) is 0 Å².